The van der Waals surface area contributed by atoms with Crippen LogP contribution in [0.15, 0.2) is 49.1 Å². The Balaban J connectivity index is 1.63. The maximum Gasteiger partial charge on any atom is 0.246 e. The van der Waals surface area contributed by atoms with E-state index < -0.39 is 0 Å². The van der Waals surface area contributed by atoms with Gasteiger partial charge in [-0.3, -0.25) is 19.1 Å². The number of hydrogen-bond acceptors (Lipinski definition) is 4. The molecule has 0 spiro atoms. The molecule has 7 heteroatoms. The van der Waals surface area contributed by atoms with Crippen molar-refractivity contribution in [2.45, 2.75) is 20.0 Å². The molecule has 0 aromatic carbocycles. The molecule has 0 aliphatic heterocycles. The van der Waals surface area contributed by atoms with Gasteiger partial charge in [-0.2, -0.15) is 10.2 Å². The number of aromatic nitrogens is 5. The van der Waals surface area contributed by atoms with Gasteiger partial charge in [0.05, 0.1) is 17.6 Å². The molecule has 3 heterocycles. The average Bonchev–Trinajstić information content (AvgIpc) is 3.17. The maximum absolute atomic E-state index is 12.0. The Bertz CT molecular complexity index is 761. The highest BCUT2D eigenvalue weighted by molar-refractivity contribution is 5.90. The zero-order chi connectivity index (χ0) is 15.4. The summed E-state index contributed by atoms with van der Waals surface area (Å²) in [6.45, 7) is 2.90. The summed E-state index contributed by atoms with van der Waals surface area (Å²) in [5.41, 5.74) is 2.21. The Labute approximate surface area is 127 Å². The summed E-state index contributed by atoms with van der Waals surface area (Å²) in [4.78, 5) is 16.2. The minimum absolute atomic E-state index is 0.143. The number of pyridine rings is 1. The van der Waals surface area contributed by atoms with Crippen LogP contribution in [0, 0.1) is 0 Å². The van der Waals surface area contributed by atoms with Gasteiger partial charge in [0.15, 0.2) is 0 Å². The van der Waals surface area contributed by atoms with Gasteiger partial charge in [0, 0.05) is 25.1 Å². The van der Waals surface area contributed by atoms with Gasteiger partial charge in [-0.05, 0) is 25.1 Å². The lowest BCUT2D eigenvalue weighted by atomic mass is 10.3. The summed E-state index contributed by atoms with van der Waals surface area (Å²) in [5.74, 6) is -0.147. The predicted molar refractivity (Wildman–Crippen MR) is 82.0 cm³/mol. The van der Waals surface area contributed by atoms with Crippen molar-refractivity contribution >= 4 is 11.6 Å². The second kappa shape index (κ2) is 6.21. The Morgan fingerprint density at radius 3 is 2.86 bits per heavy atom. The van der Waals surface area contributed by atoms with E-state index in [0.717, 1.165) is 17.9 Å². The first-order valence-corrected chi connectivity index (χ1v) is 7.02. The minimum Gasteiger partial charge on any atom is -0.322 e. The van der Waals surface area contributed by atoms with Crippen LogP contribution in [0.5, 0.6) is 0 Å². The molecule has 3 aromatic rings. The van der Waals surface area contributed by atoms with Crippen LogP contribution in [0.2, 0.25) is 0 Å². The molecule has 0 saturated heterocycles. The van der Waals surface area contributed by atoms with Crippen molar-refractivity contribution in [2.75, 3.05) is 5.32 Å². The highest BCUT2D eigenvalue weighted by Crippen LogP contribution is 2.13. The van der Waals surface area contributed by atoms with E-state index >= 15 is 0 Å². The fourth-order valence-corrected chi connectivity index (χ4v) is 2.05. The fraction of sp³-hybridized carbons (Fsp3) is 0.200. The van der Waals surface area contributed by atoms with Crippen LogP contribution in [-0.4, -0.2) is 30.5 Å². The van der Waals surface area contributed by atoms with Crippen LogP contribution in [0.3, 0.4) is 0 Å². The minimum atomic E-state index is -0.147. The SMILES string of the molecule is CCn1cc(NC(=O)Cn2ccc(-c3ccccn3)n2)cn1. The van der Waals surface area contributed by atoms with Gasteiger partial charge in [0.2, 0.25) is 5.91 Å². The molecular formula is C15H16N6O. The number of amides is 1. The van der Waals surface area contributed by atoms with Crippen LogP contribution < -0.4 is 5.32 Å². The molecule has 3 aromatic heterocycles. The van der Waals surface area contributed by atoms with E-state index in [9.17, 15) is 4.79 Å². The van der Waals surface area contributed by atoms with Gasteiger partial charge in [0.1, 0.15) is 12.2 Å². The normalized spacial score (nSPS) is 10.6. The number of nitrogens with one attached hydrogen (secondary N) is 1. The molecule has 22 heavy (non-hydrogen) atoms. The third kappa shape index (κ3) is 3.20. The smallest absolute Gasteiger partial charge is 0.246 e. The Morgan fingerprint density at radius 1 is 1.23 bits per heavy atom. The predicted octanol–water partition coefficient (Wildman–Crippen LogP) is 1.80. The van der Waals surface area contributed by atoms with Crippen molar-refractivity contribution in [3.05, 3.63) is 49.1 Å². The second-order valence-corrected chi connectivity index (χ2v) is 4.75. The van der Waals surface area contributed by atoms with Crippen LogP contribution in [-0.2, 0) is 17.9 Å². The molecule has 0 radical (unpaired) electrons. The molecule has 1 N–H and O–H groups in total. The van der Waals surface area contributed by atoms with E-state index in [1.54, 1.807) is 34.2 Å². The van der Waals surface area contributed by atoms with E-state index in [-0.39, 0.29) is 12.5 Å². The van der Waals surface area contributed by atoms with E-state index in [1.807, 2.05) is 31.2 Å². The molecule has 112 valence electrons. The summed E-state index contributed by atoms with van der Waals surface area (Å²) in [5, 5.41) is 11.3. The molecule has 0 aliphatic carbocycles. The standard InChI is InChI=1S/C15H16N6O/c1-2-20-10-12(9-17-20)18-15(22)11-21-8-6-14(19-21)13-5-3-4-7-16-13/h3-10H,2,11H2,1H3,(H,18,22). The fourth-order valence-electron chi connectivity index (χ4n) is 2.05. The van der Waals surface area contributed by atoms with Crippen molar-refractivity contribution < 1.29 is 4.79 Å². The number of hydrogen-bond donors (Lipinski definition) is 1. The molecule has 7 nitrogen and oxygen atoms in total. The van der Waals surface area contributed by atoms with Gasteiger partial charge in [-0.25, -0.2) is 0 Å². The molecule has 0 aliphatic rings. The van der Waals surface area contributed by atoms with Gasteiger partial charge in [-0.15, -0.1) is 0 Å². The summed E-state index contributed by atoms with van der Waals surface area (Å²) in [6.07, 6.45) is 6.90. The molecule has 0 bridgehead atoms. The highest BCUT2D eigenvalue weighted by Gasteiger charge is 2.08. The van der Waals surface area contributed by atoms with E-state index in [1.165, 1.54) is 0 Å². The number of carbonyl (C=O) groups is 1. The molecular weight excluding hydrogens is 280 g/mol. The maximum atomic E-state index is 12.0. The molecule has 0 fully saturated rings. The van der Waals surface area contributed by atoms with E-state index in [0.29, 0.717) is 5.69 Å². The van der Waals surface area contributed by atoms with Crippen LogP contribution in [0.1, 0.15) is 6.92 Å². The molecule has 1 amide bonds. The summed E-state index contributed by atoms with van der Waals surface area (Å²) in [7, 11) is 0. The van der Waals surface area contributed by atoms with E-state index in [4.69, 9.17) is 0 Å². The van der Waals surface area contributed by atoms with Crippen molar-refractivity contribution in [3.63, 3.8) is 0 Å². The van der Waals surface area contributed by atoms with Crippen molar-refractivity contribution in [2.24, 2.45) is 0 Å². The molecule has 0 unspecified atom stereocenters. The number of carbonyl (C=O) groups excluding carboxylic acids is 1. The Morgan fingerprint density at radius 2 is 2.14 bits per heavy atom. The number of aryl methyl sites for hydroxylation is 1. The number of nitrogens with zero attached hydrogens (tertiary/aromatic N) is 5. The monoisotopic (exact) mass is 296 g/mol. The summed E-state index contributed by atoms with van der Waals surface area (Å²) in [6, 6.07) is 7.47. The van der Waals surface area contributed by atoms with Gasteiger partial charge in [-0.1, -0.05) is 6.07 Å². The van der Waals surface area contributed by atoms with Crippen LogP contribution in [0.25, 0.3) is 11.4 Å². The van der Waals surface area contributed by atoms with Crippen LogP contribution >= 0.6 is 0 Å². The third-order valence-electron chi connectivity index (χ3n) is 3.11. The first kappa shape index (κ1) is 14.0. The summed E-state index contributed by atoms with van der Waals surface area (Å²) >= 11 is 0. The quantitative estimate of drug-likeness (QED) is 0.778. The lowest BCUT2D eigenvalue weighted by Gasteiger charge is -2.02. The lowest BCUT2D eigenvalue weighted by Crippen LogP contribution is -2.18. The van der Waals surface area contributed by atoms with E-state index in [2.05, 4.69) is 20.5 Å². The second-order valence-electron chi connectivity index (χ2n) is 4.75. The highest BCUT2D eigenvalue weighted by atomic mass is 16.2. The molecule has 3 rings (SSSR count). The Kier molecular flexibility index (Phi) is 3.95. The average molecular weight is 296 g/mol. The third-order valence-corrected chi connectivity index (χ3v) is 3.11. The van der Waals surface area contributed by atoms with Crippen molar-refractivity contribution in [3.8, 4) is 11.4 Å². The number of rotatable bonds is 5. The lowest BCUT2D eigenvalue weighted by molar-refractivity contribution is -0.116. The first-order valence-electron chi connectivity index (χ1n) is 7.02. The molecule has 0 saturated carbocycles. The zero-order valence-electron chi connectivity index (χ0n) is 12.2. The largest absolute Gasteiger partial charge is 0.322 e. The van der Waals surface area contributed by atoms with Crippen molar-refractivity contribution in [1.29, 1.82) is 0 Å². The summed E-state index contributed by atoms with van der Waals surface area (Å²) < 4.78 is 3.34. The van der Waals surface area contributed by atoms with Crippen LogP contribution in [0.4, 0.5) is 5.69 Å². The van der Waals surface area contributed by atoms with Gasteiger partial charge < -0.3 is 5.32 Å². The van der Waals surface area contributed by atoms with Crippen molar-refractivity contribution in [1.82, 2.24) is 24.5 Å². The zero-order valence-corrected chi connectivity index (χ0v) is 12.2. The van der Waals surface area contributed by atoms with Gasteiger partial charge >= 0.3 is 0 Å². The van der Waals surface area contributed by atoms with Gasteiger partial charge in [0.25, 0.3) is 0 Å². The number of anilines is 1. The Hall–Kier alpha value is -2.96. The topological polar surface area (TPSA) is 77.6 Å². The molecule has 0 atom stereocenters. The first-order chi connectivity index (χ1) is 10.7.